The second-order valence-electron chi connectivity index (χ2n) is 10.4. The minimum absolute atomic E-state index is 0.0255. The Labute approximate surface area is 212 Å². The molecule has 0 bridgehead atoms. The van der Waals surface area contributed by atoms with Gasteiger partial charge >= 0.3 is 0 Å². The van der Waals surface area contributed by atoms with Gasteiger partial charge in [0.05, 0.1) is 5.56 Å². The van der Waals surface area contributed by atoms with E-state index in [0.29, 0.717) is 12.1 Å². The van der Waals surface area contributed by atoms with E-state index in [1.807, 2.05) is 0 Å². The number of carbonyl (C=O) groups excluding carboxylic acids is 1. The van der Waals surface area contributed by atoms with Gasteiger partial charge in [-0.15, -0.1) is 0 Å². The monoisotopic (exact) mass is 478 g/mol. The first kappa shape index (κ1) is 27.3. The molecule has 5 heteroatoms. The number of benzene rings is 1. The van der Waals surface area contributed by atoms with Crippen LogP contribution in [0.5, 0.6) is 0 Å². The molecule has 1 aromatic heterocycles. The molecule has 0 spiro atoms. The molecule has 1 aliphatic heterocycles. The number of nitrogens with one attached hydrogen (secondary N) is 1. The van der Waals surface area contributed by atoms with Gasteiger partial charge in [0.1, 0.15) is 0 Å². The molecule has 192 valence electrons. The van der Waals surface area contributed by atoms with Gasteiger partial charge in [0.25, 0.3) is 5.91 Å². The maximum absolute atomic E-state index is 12.0. The Balaban J connectivity index is 1.10. The van der Waals surface area contributed by atoms with E-state index in [0.717, 1.165) is 18.8 Å². The van der Waals surface area contributed by atoms with Crippen LogP contribution in [-0.2, 0) is 0 Å². The summed E-state index contributed by atoms with van der Waals surface area (Å²) in [5.41, 5.74) is 9.64. The van der Waals surface area contributed by atoms with Crippen LogP contribution >= 0.6 is 0 Å². The number of amides is 1. The van der Waals surface area contributed by atoms with Crippen molar-refractivity contribution < 1.29 is 4.79 Å². The molecule has 5 nitrogen and oxygen atoms in total. The first-order valence-electron chi connectivity index (χ1n) is 13.8. The van der Waals surface area contributed by atoms with Crippen LogP contribution < -0.4 is 11.1 Å². The number of pyridine rings is 1. The molecule has 1 fully saturated rings. The molecule has 1 atom stereocenters. The lowest BCUT2D eigenvalue weighted by Crippen LogP contribution is -2.37. The number of nitrogens with two attached hydrogens (primary N) is 1. The van der Waals surface area contributed by atoms with Gasteiger partial charge < -0.3 is 16.0 Å². The Hall–Kier alpha value is -2.24. The van der Waals surface area contributed by atoms with Gasteiger partial charge in [-0.2, -0.15) is 0 Å². The van der Waals surface area contributed by atoms with Crippen molar-refractivity contribution in [1.29, 1.82) is 0 Å². The van der Waals surface area contributed by atoms with Crippen LogP contribution in [0.1, 0.15) is 98.0 Å². The Kier molecular flexibility index (Phi) is 12.3. The summed E-state index contributed by atoms with van der Waals surface area (Å²) in [4.78, 5) is 18.7. The van der Waals surface area contributed by atoms with Crippen LogP contribution in [0.25, 0.3) is 0 Å². The predicted molar refractivity (Wildman–Crippen MR) is 146 cm³/mol. The molecule has 0 saturated carbocycles. The zero-order chi connectivity index (χ0) is 24.7. The average Bonchev–Trinajstić information content (AvgIpc) is 2.89. The standard InChI is InChI=1S/C30H46N4O/c1-25-13-15-26(16-14-25)27-17-21-34(22-18-27)20-9-7-5-3-2-4-6-8-12-29(31)24-33-30(35)28-11-10-19-32-23-28/h10-11,13-16,19,23,27,29H,2-9,12,17-18,20-22,24,31H2,1H3,(H,33,35). The lowest BCUT2D eigenvalue weighted by Gasteiger charge is -2.32. The molecule has 1 unspecified atom stereocenters. The summed E-state index contributed by atoms with van der Waals surface area (Å²) < 4.78 is 0. The highest BCUT2D eigenvalue weighted by Crippen LogP contribution is 2.28. The lowest BCUT2D eigenvalue weighted by molar-refractivity contribution is 0.0950. The van der Waals surface area contributed by atoms with E-state index in [1.165, 1.54) is 88.5 Å². The highest BCUT2D eigenvalue weighted by Gasteiger charge is 2.20. The third-order valence-corrected chi connectivity index (χ3v) is 7.38. The molecule has 3 N–H and O–H groups in total. The van der Waals surface area contributed by atoms with E-state index in [4.69, 9.17) is 5.73 Å². The topological polar surface area (TPSA) is 71.2 Å². The number of unbranched alkanes of at least 4 members (excludes halogenated alkanes) is 7. The summed E-state index contributed by atoms with van der Waals surface area (Å²) in [6.07, 6.45) is 17.2. The summed E-state index contributed by atoms with van der Waals surface area (Å²) in [5, 5.41) is 2.91. The van der Waals surface area contributed by atoms with Crippen molar-refractivity contribution in [2.24, 2.45) is 5.73 Å². The third-order valence-electron chi connectivity index (χ3n) is 7.38. The number of likely N-dealkylation sites (tertiary alicyclic amines) is 1. The van der Waals surface area contributed by atoms with Gasteiger partial charge in [-0.1, -0.05) is 74.8 Å². The molecule has 0 radical (unpaired) electrons. The highest BCUT2D eigenvalue weighted by molar-refractivity contribution is 5.93. The van der Waals surface area contributed by atoms with Crippen LogP contribution in [0.4, 0.5) is 0 Å². The first-order valence-corrected chi connectivity index (χ1v) is 13.8. The van der Waals surface area contributed by atoms with E-state index in [-0.39, 0.29) is 11.9 Å². The van der Waals surface area contributed by atoms with Crippen molar-refractivity contribution in [2.75, 3.05) is 26.2 Å². The molecular formula is C30H46N4O. The molecule has 1 saturated heterocycles. The molecule has 35 heavy (non-hydrogen) atoms. The molecule has 1 amide bonds. The summed E-state index contributed by atoms with van der Waals surface area (Å²) in [6.45, 7) is 6.48. The van der Waals surface area contributed by atoms with Crippen LogP contribution in [0, 0.1) is 6.92 Å². The predicted octanol–water partition coefficient (Wildman–Crippen LogP) is 5.84. The van der Waals surface area contributed by atoms with Crippen LogP contribution in [0.2, 0.25) is 0 Å². The maximum Gasteiger partial charge on any atom is 0.252 e. The second-order valence-corrected chi connectivity index (χ2v) is 10.4. The molecule has 1 aromatic carbocycles. The smallest absolute Gasteiger partial charge is 0.252 e. The Morgan fingerprint density at radius 3 is 2.31 bits per heavy atom. The first-order chi connectivity index (χ1) is 17.1. The number of piperidine rings is 1. The Bertz CT molecular complexity index is 831. The van der Waals surface area contributed by atoms with E-state index in [2.05, 4.69) is 46.4 Å². The van der Waals surface area contributed by atoms with Crippen molar-refractivity contribution in [2.45, 2.75) is 89.5 Å². The fourth-order valence-corrected chi connectivity index (χ4v) is 5.06. The van der Waals surface area contributed by atoms with Gasteiger partial charge in [0.15, 0.2) is 0 Å². The molecular weight excluding hydrogens is 432 g/mol. The number of hydrogen-bond donors (Lipinski definition) is 2. The fourth-order valence-electron chi connectivity index (χ4n) is 5.06. The van der Waals surface area contributed by atoms with Crippen molar-refractivity contribution >= 4 is 5.91 Å². The number of aryl methyl sites for hydroxylation is 1. The number of aromatic nitrogens is 1. The van der Waals surface area contributed by atoms with Gasteiger partial charge in [-0.25, -0.2) is 0 Å². The zero-order valence-corrected chi connectivity index (χ0v) is 21.8. The van der Waals surface area contributed by atoms with Gasteiger partial charge in [-0.3, -0.25) is 9.78 Å². The van der Waals surface area contributed by atoms with E-state index < -0.39 is 0 Å². The molecule has 2 heterocycles. The molecule has 0 aliphatic carbocycles. The number of hydrogen-bond acceptors (Lipinski definition) is 4. The summed E-state index contributed by atoms with van der Waals surface area (Å²) in [6, 6.07) is 12.7. The largest absolute Gasteiger partial charge is 0.350 e. The number of rotatable bonds is 15. The summed E-state index contributed by atoms with van der Waals surface area (Å²) in [7, 11) is 0. The van der Waals surface area contributed by atoms with Gasteiger partial charge in [-0.05, 0) is 75.9 Å². The molecule has 1 aliphatic rings. The number of nitrogens with zero attached hydrogens (tertiary/aromatic N) is 2. The summed E-state index contributed by atoms with van der Waals surface area (Å²) >= 11 is 0. The zero-order valence-electron chi connectivity index (χ0n) is 21.8. The minimum Gasteiger partial charge on any atom is -0.350 e. The lowest BCUT2D eigenvalue weighted by atomic mass is 9.89. The van der Waals surface area contributed by atoms with Crippen LogP contribution in [0.3, 0.4) is 0 Å². The third kappa shape index (κ3) is 10.5. The van der Waals surface area contributed by atoms with Crippen LogP contribution in [0.15, 0.2) is 48.8 Å². The minimum atomic E-state index is -0.0970. The molecule has 2 aromatic rings. The summed E-state index contributed by atoms with van der Waals surface area (Å²) in [5.74, 6) is 0.660. The van der Waals surface area contributed by atoms with Crippen LogP contribution in [-0.4, -0.2) is 48.0 Å². The van der Waals surface area contributed by atoms with Crippen molar-refractivity contribution in [3.05, 3.63) is 65.5 Å². The van der Waals surface area contributed by atoms with E-state index in [1.54, 1.807) is 24.5 Å². The fraction of sp³-hybridized carbons (Fsp3) is 0.600. The van der Waals surface area contributed by atoms with Gasteiger partial charge in [0.2, 0.25) is 0 Å². The van der Waals surface area contributed by atoms with Crippen molar-refractivity contribution in [1.82, 2.24) is 15.2 Å². The molecule has 3 rings (SSSR count). The highest BCUT2D eigenvalue weighted by atomic mass is 16.1. The Morgan fingerprint density at radius 1 is 1.00 bits per heavy atom. The second kappa shape index (κ2) is 15.7. The van der Waals surface area contributed by atoms with Crippen molar-refractivity contribution in [3.63, 3.8) is 0 Å². The average molecular weight is 479 g/mol. The maximum atomic E-state index is 12.0. The SMILES string of the molecule is Cc1ccc(C2CCN(CCCCCCCCCCC(N)CNC(=O)c3cccnc3)CC2)cc1. The quantitative estimate of drug-likeness (QED) is 0.316. The van der Waals surface area contributed by atoms with E-state index >= 15 is 0 Å². The van der Waals surface area contributed by atoms with Crippen molar-refractivity contribution in [3.8, 4) is 0 Å². The van der Waals surface area contributed by atoms with Gasteiger partial charge in [0, 0.05) is 25.0 Å². The normalized spacial score (nSPS) is 15.7. The van der Waals surface area contributed by atoms with E-state index in [9.17, 15) is 4.79 Å². The Morgan fingerprint density at radius 2 is 1.66 bits per heavy atom. The number of carbonyl (C=O) groups is 1.